The zero-order valence-corrected chi connectivity index (χ0v) is 14.5. The Morgan fingerprint density at radius 2 is 2.13 bits per heavy atom. The maximum atomic E-state index is 11.1. The van der Waals surface area contributed by atoms with Crippen LogP contribution in [0.5, 0.6) is 5.75 Å². The molecule has 1 atom stereocenters. The van der Waals surface area contributed by atoms with Gasteiger partial charge in [0.05, 0.1) is 12.3 Å². The van der Waals surface area contributed by atoms with E-state index in [-0.39, 0.29) is 11.9 Å². The van der Waals surface area contributed by atoms with Crippen molar-refractivity contribution >= 4 is 15.8 Å². The van der Waals surface area contributed by atoms with Crippen molar-refractivity contribution in [3.05, 3.63) is 29.8 Å². The molecule has 7 heteroatoms. The number of guanidine groups is 1. The first-order valence-corrected chi connectivity index (χ1v) is 9.98. The molecule has 6 nitrogen and oxygen atoms in total. The molecule has 0 radical (unpaired) electrons. The number of para-hydroxylation sites is 1. The Labute approximate surface area is 138 Å². The number of sulfone groups is 1. The van der Waals surface area contributed by atoms with E-state index in [9.17, 15) is 8.42 Å². The molecule has 0 saturated carbocycles. The number of hydrogen-bond acceptors (Lipinski definition) is 4. The Bertz CT molecular complexity index is 619. The lowest BCUT2D eigenvalue weighted by molar-refractivity contribution is 0.241. The second-order valence-electron chi connectivity index (χ2n) is 5.68. The third-order valence-corrected chi connectivity index (χ3v) is 4.53. The van der Waals surface area contributed by atoms with Crippen LogP contribution in [0.2, 0.25) is 0 Å². The highest BCUT2D eigenvalue weighted by molar-refractivity contribution is 7.90. The quantitative estimate of drug-likeness (QED) is 0.440. The highest BCUT2D eigenvalue weighted by Gasteiger charge is 2.21. The molecule has 1 aromatic rings. The summed E-state index contributed by atoms with van der Waals surface area (Å²) in [5.74, 6) is 1.82. The summed E-state index contributed by atoms with van der Waals surface area (Å²) in [4.78, 5) is 4.53. The van der Waals surface area contributed by atoms with Crippen molar-refractivity contribution in [2.75, 3.05) is 31.6 Å². The van der Waals surface area contributed by atoms with Crippen molar-refractivity contribution in [1.29, 1.82) is 0 Å². The molecule has 2 rings (SSSR count). The summed E-state index contributed by atoms with van der Waals surface area (Å²) in [6.45, 7) is 3.89. The molecule has 1 heterocycles. The fourth-order valence-corrected chi connectivity index (χ4v) is 3.10. The third-order valence-electron chi connectivity index (χ3n) is 3.50. The van der Waals surface area contributed by atoms with Gasteiger partial charge in [-0.15, -0.1) is 0 Å². The van der Waals surface area contributed by atoms with E-state index in [0.29, 0.717) is 25.5 Å². The topological polar surface area (TPSA) is 79.8 Å². The first kappa shape index (κ1) is 17.6. The van der Waals surface area contributed by atoms with Crippen molar-refractivity contribution in [1.82, 2.24) is 10.6 Å². The number of nitrogens with one attached hydrogen (secondary N) is 2. The van der Waals surface area contributed by atoms with E-state index < -0.39 is 9.84 Å². The van der Waals surface area contributed by atoms with Crippen molar-refractivity contribution in [3.8, 4) is 5.75 Å². The van der Waals surface area contributed by atoms with Gasteiger partial charge in [0.25, 0.3) is 0 Å². The predicted octanol–water partition coefficient (Wildman–Crippen LogP) is 0.980. The van der Waals surface area contributed by atoms with E-state index in [4.69, 9.17) is 4.74 Å². The van der Waals surface area contributed by atoms with Crippen LogP contribution in [0.15, 0.2) is 29.3 Å². The summed E-state index contributed by atoms with van der Waals surface area (Å²) in [5.41, 5.74) is 1.22. The second-order valence-corrected chi connectivity index (χ2v) is 7.94. The van der Waals surface area contributed by atoms with Crippen LogP contribution in [0.3, 0.4) is 0 Å². The van der Waals surface area contributed by atoms with Crippen LogP contribution >= 0.6 is 0 Å². The first-order chi connectivity index (χ1) is 11.0. The molecule has 0 amide bonds. The minimum Gasteiger partial charge on any atom is -0.488 e. The molecule has 2 N–H and O–H groups in total. The predicted molar refractivity (Wildman–Crippen MR) is 92.9 cm³/mol. The summed E-state index contributed by atoms with van der Waals surface area (Å²) in [7, 11) is -2.91. The molecule has 0 saturated heterocycles. The number of fused-ring (bicyclic) bond motifs is 1. The molecule has 0 fully saturated rings. The van der Waals surface area contributed by atoms with Crippen molar-refractivity contribution in [2.45, 2.75) is 25.9 Å². The molecule has 0 spiro atoms. The van der Waals surface area contributed by atoms with Crippen LogP contribution in [0.1, 0.15) is 18.9 Å². The molecule has 1 aliphatic heterocycles. The lowest BCUT2D eigenvalue weighted by atomic mass is 10.1. The molecule has 1 aliphatic rings. The van der Waals surface area contributed by atoms with Gasteiger partial charge >= 0.3 is 0 Å². The van der Waals surface area contributed by atoms with E-state index in [2.05, 4.69) is 21.7 Å². The Hall–Kier alpha value is -1.76. The highest BCUT2D eigenvalue weighted by atomic mass is 32.2. The van der Waals surface area contributed by atoms with Gasteiger partial charge in [0, 0.05) is 25.8 Å². The average Bonchev–Trinajstić information content (AvgIpc) is 2.90. The Morgan fingerprint density at radius 3 is 2.83 bits per heavy atom. The SMILES string of the molecule is CCNC(=NCC1Cc2ccccc2O1)NCCCS(C)(=O)=O. The van der Waals surface area contributed by atoms with Gasteiger partial charge in [-0.05, 0) is 25.0 Å². The van der Waals surface area contributed by atoms with Crippen LogP contribution in [0.25, 0.3) is 0 Å². The maximum Gasteiger partial charge on any atom is 0.191 e. The number of nitrogens with zero attached hydrogens (tertiary/aromatic N) is 1. The van der Waals surface area contributed by atoms with Gasteiger partial charge in [-0.25, -0.2) is 13.4 Å². The number of ether oxygens (including phenoxy) is 1. The Kier molecular flexibility index (Phi) is 6.27. The molecule has 23 heavy (non-hydrogen) atoms. The maximum absolute atomic E-state index is 11.1. The third kappa shape index (κ3) is 6.09. The van der Waals surface area contributed by atoms with Crippen molar-refractivity contribution in [3.63, 3.8) is 0 Å². The zero-order valence-electron chi connectivity index (χ0n) is 13.7. The van der Waals surface area contributed by atoms with Crippen molar-refractivity contribution < 1.29 is 13.2 Å². The molecule has 1 aromatic carbocycles. The zero-order chi connectivity index (χ0) is 16.7. The van der Waals surface area contributed by atoms with Gasteiger partial charge in [-0.1, -0.05) is 18.2 Å². The standard InChI is InChI=1S/C16H25N3O3S/c1-3-17-16(18-9-6-10-23(2,20)21)19-12-14-11-13-7-4-5-8-15(13)22-14/h4-5,7-8,14H,3,6,9-12H2,1-2H3,(H2,17,18,19). The fourth-order valence-electron chi connectivity index (χ4n) is 2.43. The van der Waals surface area contributed by atoms with Gasteiger partial charge in [0.1, 0.15) is 21.7 Å². The molecular formula is C16H25N3O3S. The van der Waals surface area contributed by atoms with Crippen LogP contribution in [0.4, 0.5) is 0 Å². The molecule has 128 valence electrons. The average molecular weight is 339 g/mol. The minimum absolute atomic E-state index is 0.0545. The highest BCUT2D eigenvalue weighted by Crippen LogP contribution is 2.28. The number of rotatable bonds is 7. The largest absolute Gasteiger partial charge is 0.488 e. The molecule has 0 aromatic heterocycles. The Morgan fingerprint density at radius 1 is 1.35 bits per heavy atom. The van der Waals surface area contributed by atoms with Crippen LogP contribution in [-0.2, 0) is 16.3 Å². The van der Waals surface area contributed by atoms with Gasteiger partial charge in [-0.3, -0.25) is 0 Å². The number of aliphatic imine (C=N–C) groups is 1. The summed E-state index contributed by atoms with van der Waals surface area (Å²) in [5, 5.41) is 6.32. The minimum atomic E-state index is -2.91. The lowest BCUT2D eigenvalue weighted by Gasteiger charge is -2.13. The van der Waals surface area contributed by atoms with Crippen LogP contribution in [0, 0.1) is 0 Å². The Balaban J connectivity index is 1.80. The van der Waals surface area contributed by atoms with Gasteiger partial charge in [-0.2, -0.15) is 0 Å². The van der Waals surface area contributed by atoms with Gasteiger partial charge in [0.2, 0.25) is 0 Å². The van der Waals surface area contributed by atoms with E-state index >= 15 is 0 Å². The normalized spacial score (nSPS) is 17.5. The van der Waals surface area contributed by atoms with Crippen molar-refractivity contribution in [2.24, 2.45) is 4.99 Å². The molecular weight excluding hydrogens is 314 g/mol. The summed E-state index contributed by atoms with van der Waals surface area (Å²) in [6.07, 6.45) is 2.74. The van der Waals surface area contributed by atoms with Gasteiger partial charge < -0.3 is 15.4 Å². The van der Waals surface area contributed by atoms with E-state index in [1.165, 1.54) is 11.8 Å². The summed E-state index contributed by atoms with van der Waals surface area (Å²) < 4.78 is 28.1. The summed E-state index contributed by atoms with van der Waals surface area (Å²) in [6, 6.07) is 8.04. The smallest absolute Gasteiger partial charge is 0.191 e. The number of benzene rings is 1. The molecule has 0 aliphatic carbocycles. The van der Waals surface area contributed by atoms with Crippen LogP contribution in [-0.4, -0.2) is 52.1 Å². The van der Waals surface area contributed by atoms with Crippen LogP contribution < -0.4 is 15.4 Å². The second kappa shape index (κ2) is 8.19. The van der Waals surface area contributed by atoms with E-state index in [0.717, 1.165) is 18.7 Å². The molecule has 0 bridgehead atoms. The van der Waals surface area contributed by atoms with E-state index in [1.54, 1.807) is 0 Å². The van der Waals surface area contributed by atoms with E-state index in [1.807, 2.05) is 25.1 Å². The monoisotopic (exact) mass is 339 g/mol. The van der Waals surface area contributed by atoms with Gasteiger partial charge in [0.15, 0.2) is 5.96 Å². The fraction of sp³-hybridized carbons (Fsp3) is 0.562. The summed E-state index contributed by atoms with van der Waals surface area (Å²) >= 11 is 0. The lowest BCUT2D eigenvalue weighted by Crippen LogP contribution is -2.39. The molecule has 1 unspecified atom stereocenters. The number of hydrogen-bond donors (Lipinski definition) is 2. The first-order valence-electron chi connectivity index (χ1n) is 7.92.